The van der Waals surface area contributed by atoms with Crippen molar-refractivity contribution in [3.63, 3.8) is 0 Å². The van der Waals surface area contributed by atoms with Gasteiger partial charge in [-0.2, -0.15) is 13.2 Å². The van der Waals surface area contributed by atoms with E-state index in [4.69, 9.17) is 5.73 Å². The van der Waals surface area contributed by atoms with Crippen LogP contribution in [0.4, 0.5) is 18.9 Å². The number of nitrogens with one attached hydrogen (secondary N) is 1. The fraction of sp³-hybridized carbons (Fsp3) is 0.571. The predicted octanol–water partition coefficient (Wildman–Crippen LogP) is 5.01. The summed E-state index contributed by atoms with van der Waals surface area (Å²) < 4.78 is 37.5. The lowest BCUT2D eigenvalue weighted by atomic mass is 10.1. The second-order valence-electron chi connectivity index (χ2n) is 3.91. The zero-order chi connectivity index (χ0) is 14.9. The van der Waals surface area contributed by atoms with E-state index in [0.29, 0.717) is 12.2 Å². The van der Waals surface area contributed by atoms with Gasteiger partial charge in [0.1, 0.15) is 0 Å². The SMILES string of the molecule is CC.CCC(CCN)Nc1cccc(C(F)(F)F)c1.[HH].[HH].[HH]. The lowest BCUT2D eigenvalue weighted by Gasteiger charge is -2.18. The number of halogens is 3. The summed E-state index contributed by atoms with van der Waals surface area (Å²) in [4.78, 5) is 0. The van der Waals surface area contributed by atoms with Crippen molar-refractivity contribution in [1.82, 2.24) is 0 Å². The Morgan fingerprint density at radius 2 is 1.95 bits per heavy atom. The normalized spacial score (nSPS) is 12.4. The zero-order valence-corrected chi connectivity index (χ0v) is 11.7. The molecule has 1 unspecified atom stereocenters. The van der Waals surface area contributed by atoms with Crippen molar-refractivity contribution in [1.29, 1.82) is 0 Å². The molecular formula is C14H29F3N2. The summed E-state index contributed by atoms with van der Waals surface area (Å²) in [7, 11) is 0. The standard InChI is InChI=1S/C12H17F3N2.C2H6.3H2/c1-2-10(6-7-16)17-11-5-3-4-9(8-11)12(13,14)15;1-2;;;/h3-5,8,10,17H,2,6-7,16H2,1H3;1-2H3;3*1H. The van der Waals surface area contributed by atoms with Crippen molar-refractivity contribution < 1.29 is 17.5 Å². The number of hydrogen-bond acceptors (Lipinski definition) is 2. The molecule has 1 atom stereocenters. The van der Waals surface area contributed by atoms with Crippen LogP contribution in [0, 0.1) is 0 Å². The van der Waals surface area contributed by atoms with Crippen LogP contribution < -0.4 is 11.1 Å². The molecule has 0 bridgehead atoms. The van der Waals surface area contributed by atoms with Gasteiger partial charge in [-0.1, -0.05) is 26.8 Å². The molecule has 116 valence electrons. The first-order valence-electron chi connectivity index (χ1n) is 6.61. The summed E-state index contributed by atoms with van der Waals surface area (Å²) in [6.45, 7) is 6.49. The van der Waals surface area contributed by atoms with Gasteiger partial charge in [-0.25, -0.2) is 0 Å². The van der Waals surface area contributed by atoms with Crippen molar-refractivity contribution in [2.24, 2.45) is 5.73 Å². The number of nitrogens with two attached hydrogens (primary N) is 1. The highest BCUT2D eigenvalue weighted by atomic mass is 19.4. The molecule has 0 fully saturated rings. The van der Waals surface area contributed by atoms with Crippen LogP contribution in [0.3, 0.4) is 0 Å². The molecule has 5 heteroatoms. The quantitative estimate of drug-likeness (QED) is 0.796. The summed E-state index contributed by atoms with van der Waals surface area (Å²) in [6, 6.07) is 5.34. The van der Waals surface area contributed by atoms with Crippen molar-refractivity contribution in [2.45, 2.75) is 45.8 Å². The van der Waals surface area contributed by atoms with Crippen LogP contribution >= 0.6 is 0 Å². The predicted molar refractivity (Wildman–Crippen MR) is 80.5 cm³/mol. The Labute approximate surface area is 117 Å². The van der Waals surface area contributed by atoms with Gasteiger partial charge in [0.25, 0.3) is 0 Å². The van der Waals surface area contributed by atoms with Gasteiger partial charge in [-0.05, 0) is 37.6 Å². The molecule has 0 spiro atoms. The van der Waals surface area contributed by atoms with Crippen molar-refractivity contribution in [3.05, 3.63) is 29.8 Å². The molecule has 0 saturated heterocycles. The van der Waals surface area contributed by atoms with Crippen LogP contribution in [0.25, 0.3) is 0 Å². The fourth-order valence-corrected chi connectivity index (χ4v) is 1.60. The van der Waals surface area contributed by atoms with E-state index in [0.717, 1.165) is 25.0 Å². The van der Waals surface area contributed by atoms with Crippen molar-refractivity contribution >= 4 is 5.69 Å². The van der Waals surface area contributed by atoms with E-state index in [-0.39, 0.29) is 10.3 Å². The lowest BCUT2D eigenvalue weighted by Crippen LogP contribution is -2.22. The maximum Gasteiger partial charge on any atom is 0.416 e. The second-order valence-corrected chi connectivity index (χ2v) is 3.91. The third kappa shape index (κ3) is 6.47. The Balaban J connectivity index is -0.000000310. The number of anilines is 1. The van der Waals surface area contributed by atoms with E-state index in [2.05, 4.69) is 5.32 Å². The highest BCUT2D eigenvalue weighted by Gasteiger charge is 2.30. The summed E-state index contributed by atoms with van der Waals surface area (Å²) in [6.07, 6.45) is -2.73. The Morgan fingerprint density at radius 1 is 1.32 bits per heavy atom. The van der Waals surface area contributed by atoms with Crippen LogP contribution in [-0.2, 0) is 6.18 Å². The molecule has 2 nitrogen and oxygen atoms in total. The van der Waals surface area contributed by atoms with E-state index in [1.807, 2.05) is 20.8 Å². The average molecular weight is 282 g/mol. The van der Waals surface area contributed by atoms with Crippen LogP contribution in [0.2, 0.25) is 0 Å². The average Bonchev–Trinajstić information content (AvgIpc) is 2.40. The van der Waals surface area contributed by atoms with Gasteiger partial charge in [0.2, 0.25) is 0 Å². The minimum absolute atomic E-state index is 0. The summed E-state index contributed by atoms with van der Waals surface area (Å²) in [5.74, 6) is 0. The van der Waals surface area contributed by atoms with E-state index >= 15 is 0 Å². The molecule has 0 aromatic heterocycles. The minimum atomic E-state index is -4.30. The molecule has 0 radical (unpaired) electrons. The monoisotopic (exact) mass is 282 g/mol. The fourth-order valence-electron chi connectivity index (χ4n) is 1.60. The van der Waals surface area contributed by atoms with Gasteiger partial charge < -0.3 is 11.1 Å². The first-order valence-corrected chi connectivity index (χ1v) is 6.61. The van der Waals surface area contributed by atoms with E-state index < -0.39 is 11.7 Å². The maximum atomic E-state index is 12.5. The maximum absolute atomic E-state index is 12.5. The highest BCUT2D eigenvalue weighted by molar-refractivity contribution is 5.47. The number of alkyl halides is 3. The molecule has 1 aromatic rings. The van der Waals surface area contributed by atoms with E-state index in [9.17, 15) is 13.2 Å². The topological polar surface area (TPSA) is 38.0 Å². The summed E-state index contributed by atoms with van der Waals surface area (Å²) >= 11 is 0. The number of benzene rings is 1. The van der Waals surface area contributed by atoms with Gasteiger partial charge in [0.05, 0.1) is 5.56 Å². The Kier molecular flexibility index (Phi) is 8.23. The molecule has 1 aromatic carbocycles. The number of rotatable bonds is 5. The molecule has 0 amide bonds. The van der Waals surface area contributed by atoms with Gasteiger partial charge >= 0.3 is 6.18 Å². The van der Waals surface area contributed by atoms with Crippen LogP contribution in [0.1, 0.15) is 43.5 Å². The molecule has 1 rings (SSSR count). The molecule has 0 aliphatic carbocycles. The summed E-state index contributed by atoms with van der Waals surface area (Å²) in [5.41, 5.74) is 5.29. The molecule has 3 N–H and O–H groups in total. The molecule has 0 saturated carbocycles. The van der Waals surface area contributed by atoms with Gasteiger partial charge in [0, 0.05) is 16.0 Å². The van der Waals surface area contributed by atoms with Gasteiger partial charge in [0.15, 0.2) is 0 Å². The largest absolute Gasteiger partial charge is 0.416 e. The number of hydrogen-bond donors (Lipinski definition) is 2. The highest BCUT2D eigenvalue weighted by Crippen LogP contribution is 2.30. The molecule has 0 aliphatic rings. The van der Waals surface area contributed by atoms with E-state index in [1.54, 1.807) is 6.07 Å². The third-order valence-electron chi connectivity index (χ3n) is 2.57. The van der Waals surface area contributed by atoms with Crippen molar-refractivity contribution in [2.75, 3.05) is 11.9 Å². The van der Waals surface area contributed by atoms with Crippen molar-refractivity contribution in [3.8, 4) is 0 Å². The van der Waals surface area contributed by atoms with Crippen LogP contribution in [0.15, 0.2) is 24.3 Å². The summed E-state index contributed by atoms with van der Waals surface area (Å²) in [5, 5.41) is 3.06. The molecule has 19 heavy (non-hydrogen) atoms. The van der Waals surface area contributed by atoms with E-state index in [1.165, 1.54) is 6.07 Å². The van der Waals surface area contributed by atoms with Gasteiger partial charge in [-0.15, -0.1) is 0 Å². The smallest absolute Gasteiger partial charge is 0.382 e. The zero-order valence-electron chi connectivity index (χ0n) is 11.7. The molecular weight excluding hydrogens is 253 g/mol. The Bertz CT molecular complexity index is 363. The molecule has 0 aliphatic heterocycles. The van der Waals surface area contributed by atoms with Gasteiger partial charge in [-0.3, -0.25) is 0 Å². The Morgan fingerprint density at radius 3 is 2.42 bits per heavy atom. The molecule has 0 heterocycles. The minimum Gasteiger partial charge on any atom is -0.382 e. The third-order valence-corrected chi connectivity index (χ3v) is 2.57. The lowest BCUT2D eigenvalue weighted by molar-refractivity contribution is -0.137. The first kappa shape index (κ1) is 17.8. The van der Waals surface area contributed by atoms with Crippen LogP contribution in [0.5, 0.6) is 0 Å². The first-order chi connectivity index (χ1) is 8.97. The second kappa shape index (κ2) is 8.80. The van der Waals surface area contributed by atoms with Crippen LogP contribution in [-0.4, -0.2) is 12.6 Å². The Hall–Kier alpha value is -1.23.